The van der Waals surface area contributed by atoms with E-state index in [9.17, 15) is 4.79 Å². The molecule has 174 valence electrons. The fraction of sp³-hybridized carbons (Fsp3) is 0.960. The Balaban J connectivity index is 1.41. The van der Waals surface area contributed by atoms with Crippen LogP contribution in [-0.4, -0.2) is 44.5 Å². The van der Waals surface area contributed by atoms with Gasteiger partial charge >= 0.3 is 5.97 Å². The Kier molecular flexibility index (Phi) is 9.46. The quantitative estimate of drug-likeness (QED) is 0.450. The van der Waals surface area contributed by atoms with Gasteiger partial charge in [0.2, 0.25) is 0 Å². The van der Waals surface area contributed by atoms with E-state index in [4.69, 9.17) is 9.47 Å². The first-order valence-electron chi connectivity index (χ1n) is 12.8. The highest BCUT2D eigenvalue weighted by Crippen LogP contribution is 2.35. The van der Waals surface area contributed by atoms with Gasteiger partial charge in [0.15, 0.2) is 5.72 Å². The van der Waals surface area contributed by atoms with Crippen LogP contribution in [0, 0.1) is 11.3 Å². The average Bonchev–Trinajstić information content (AvgIpc) is 3.45. The van der Waals surface area contributed by atoms with Crippen molar-refractivity contribution in [3.63, 3.8) is 0 Å². The van der Waals surface area contributed by atoms with Crippen molar-refractivity contribution < 1.29 is 14.3 Å². The lowest BCUT2D eigenvalue weighted by atomic mass is 9.81. The molecule has 0 aromatic rings. The highest BCUT2D eigenvalue weighted by molar-refractivity contribution is 5.76. The SMILES string of the molecule is COC(=O)C1(C)CCCCC(NC2(CNCC3CCCCCCCC3)CO2)CCC1. The molecule has 3 atom stereocenters. The van der Waals surface area contributed by atoms with E-state index in [0.29, 0.717) is 6.04 Å². The molecule has 0 aromatic carbocycles. The highest BCUT2D eigenvalue weighted by Gasteiger charge is 2.46. The number of methoxy groups -OCH3 is 1. The molecule has 2 N–H and O–H groups in total. The summed E-state index contributed by atoms with van der Waals surface area (Å²) in [7, 11) is 1.52. The van der Waals surface area contributed by atoms with Crippen LogP contribution in [0.4, 0.5) is 0 Å². The van der Waals surface area contributed by atoms with Crippen molar-refractivity contribution in [2.45, 2.75) is 115 Å². The van der Waals surface area contributed by atoms with Crippen LogP contribution in [0.5, 0.6) is 0 Å². The molecule has 5 heteroatoms. The van der Waals surface area contributed by atoms with E-state index >= 15 is 0 Å². The molecule has 2 saturated carbocycles. The third-order valence-corrected chi connectivity index (χ3v) is 7.77. The van der Waals surface area contributed by atoms with Crippen molar-refractivity contribution in [1.29, 1.82) is 0 Å². The number of epoxide rings is 1. The Bertz CT molecular complexity index is 513. The first-order chi connectivity index (χ1) is 14.6. The lowest BCUT2D eigenvalue weighted by molar-refractivity contribution is -0.152. The predicted molar refractivity (Wildman–Crippen MR) is 121 cm³/mol. The summed E-state index contributed by atoms with van der Waals surface area (Å²) in [6.07, 6.45) is 18.7. The molecule has 0 aromatic heterocycles. The van der Waals surface area contributed by atoms with Gasteiger partial charge in [-0.15, -0.1) is 0 Å². The number of esters is 1. The second-order valence-electron chi connectivity index (χ2n) is 10.5. The summed E-state index contributed by atoms with van der Waals surface area (Å²) in [5.41, 5.74) is -0.460. The minimum Gasteiger partial charge on any atom is -0.469 e. The van der Waals surface area contributed by atoms with Crippen molar-refractivity contribution in [1.82, 2.24) is 10.6 Å². The van der Waals surface area contributed by atoms with Gasteiger partial charge in [0.25, 0.3) is 0 Å². The van der Waals surface area contributed by atoms with Crippen molar-refractivity contribution in [2.24, 2.45) is 11.3 Å². The first-order valence-corrected chi connectivity index (χ1v) is 12.8. The van der Waals surface area contributed by atoms with Crippen LogP contribution in [0.25, 0.3) is 0 Å². The summed E-state index contributed by atoms with van der Waals surface area (Å²) in [4.78, 5) is 12.2. The van der Waals surface area contributed by atoms with Gasteiger partial charge in [-0.05, 0) is 57.9 Å². The molecular weight excluding hydrogens is 376 g/mol. The number of carbonyl (C=O) groups is 1. The molecule has 3 unspecified atom stereocenters. The van der Waals surface area contributed by atoms with Crippen LogP contribution in [-0.2, 0) is 14.3 Å². The largest absolute Gasteiger partial charge is 0.469 e. The molecule has 30 heavy (non-hydrogen) atoms. The normalized spacial score (nSPS) is 34.5. The standard InChI is InChI=1S/C25H46N2O3/c1-24(23(28)29-2)16-10-9-14-22(15-11-17-24)27-25(20-30-25)19-26-18-21-12-7-5-3-4-6-8-13-21/h21-22,26-27H,3-20H2,1-2H3. The number of nitrogens with one attached hydrogen (secondary N) is 2. The minimum absolute atomic E-state index is 0.0370. The molecule has 2 aliphatic carbocycles. The van der Waals surface area contributed by atoms with E-state index in [2.05, 4.69) is 17.6 Å². The average molecular weight is 423 g/mol. The summed E-state index contributed by atoms with van der Waals surface area (Å²) >= 11 is 0. The van der Waals surface area contributed by atoms with Gasteiger partial charge in [0.1, 0.15) is 0 Å². The fourth-order valence-electron chi connectivity index (χ4n) is 5.60. The second kappa shape index (κ2) is 11.8. The zero-order valence-corrected chi connectivity index (χ0v) is 19.6. The number of rotatable bonds is 7. The number of hydrogen-bond acceptors (Lipinski definition) is 5. The topological polar surface area (TPSA) is 62.9 Å². The van der Waals surface area contributed by atoms with Crippen LogP contribution in [0.3, 0.4) is 0 Å². The molecule has 0 spiro atoms. The Hall–Kier alpha value is -0.650. The van der Waals surface area contributed by atoms with Crippen LogP contribution >= 0.6 is 0 Å². The molecule has 1 heterocycles. The van der Waals surface area contributed by atoms with Gasteiger partial charge in [0.05, 0.1) is 19.1 Å². The van der Waals surface area contributed by atoms with Gasteiger partial charge in [-0.2, -0.15) is 0 Å². The van der Waals surface area contributed by atoms with Crippen molar-refractivity contribution >= 4 is 5.97 Å². The lowest BCUT2D eigenvalue weighted by Gasteiger charge is -2.26. The van der Waals surface area contributed by atoms with Crippen LogP contribution in [0.1, 0.15) is 103 Å². The van der Waals surface area contributed by atoms with E-state index in [1.54, 1.807) is 0 Å². The molecule has 3 rings (SSSR count). The lowest BCUT2D eigenvalue weighted by Crippen LogP contribution is -2.48. The van der Waals surface area contributed by atoms with Gasteiger partial charge in [-0.3, -0.25) is 10.1 Å². The molecule has 1 aliphatic heterocycles. The molecule has 3 fully saturated rings. The molecule has 0 amide bonds. The van der Waals surface area contributed by atoms with Crippen molar-refractivity contribution in [2.75, 3.05) is 26.8 Å². The Labute approximate surface area is 184 Å². The second-order valence-corrected chi connectivity index (χ2v) is 10.5. The highest BCUT2D eigenvalue weighted by atomic mass is 16.6. The summed E-state index contributed by atoms with van der Waals surface area (Å²) < 4.78 is 11.0. The number of hydrogen-bond donors (Lipinski definition) is 2. The maximum absolute atomic E-state index is 12.2. The van der Waals surface area contributed by atoms with E-state index in [1.165, 1.54) is 64.9 Å². The summed E-state index contributed by atoms with van der Waals surface area (Å²) in [6.45, 7) is 4.95. The first kappa shape index (κ1) is 24.0. The van der Waals surface area contributed by atoms with E-state index < -0.39 is 0 Å². The zero-order valence-electron chi connectivity index (χ0n) is 19.6. The molecule has 1 saturated heterocycles. The van der Waals surface area contributed by atoms with E-state index in [0.717, 1.165) is 64.1 Å². The Morgan fingerprint density at radius 1 is 0.933 bits per heavy atom. The Morgan fingerprint density at radius 3 is 2.20 bits per heavy atom. The summed E-state index contributed by atoms with van der Waals surface area (Å²) in [5, 5.41) is 7.58. The molecular formula is C25H46N2O3. The van der Waals surface area contributed by atoms with Gasteiger partial charge < -0.3 is 14.8 Å². The molecule has 5 nitrogen and oxygen atoms in total. The summed E-state index contributed by atoms with van der Waals surface area (Å²) in [6, 6.07) is 0.485. The Morgan fingerprint density at radius 2 is 1.53 bits per heavy atom. The van der Waals surface area contributed by atoms with Gasteiger partial charge in [-0.1, -0.05) is 57.8 Å². The molecule has 0 bridgehead atoms. The predicted octanol–water partition coefficient (Wildman–Crippen LogP) is 4.93. The van der Waals surface area contributed by atoms with Crippen LogP contribution in [0.15, 0.2) is 0 Å². The number of ether oxygens (including phenoxy) is 2. The van der Waals surface area contributed by atoms with E-state index in [-0.39, 0.29) is 17.1 Å². The monoisotopic (exact) mass is 422 g/mol. The van der Waals surface area contributed by atoms with Gasteiger partial charge in [0, 0.05) is 12.6 Å². The summed E-state index contributed by atoms with van der Waals surface area (Å²) in [5.74, 6) is 0.796. The minimum atomic E-state index is -0.310. The van der Waals surface area contributed by atoms with Gasteiger partial charge in [-0.25, -0.2) is 0 Å². The number of carbonyl (C=O) groups excluding carboxylic acids is 1. The maximum Gasteiger partial charge on any atom is 0.311 e. The third-order valence-electron chi connectivity index (χ3n) is 7.77. The van der Waals surface area contributed by atoms with Crippen LogP contribution < -0.4 is 10.6 Å². The third kappa shape index (κ3) is 7.49. The molecule has 3 aliphatic rings. The smallest absolute Gasteiger partial charge is 0.311 e. The van der Waals surface area contributed by atoms with Crippen molar-refractivity contribution in [3.05, 3.63) is 0 Å². The van der Waals surface area contributed by atoms with Crippen molar-refractivity contribution in [3.8, 4) is 0 Å². The zero-order chi connectivity index (χ0) is 21.3. The van der Waals surface area contributed by atoms with E-state index in [1.807, 2.05) is 0 Å². The fourth-order valence-corrected chi connectivity index (χ4v) is 5.60. The maximum atomic E-state index is 12.2. The molecule has 0 radical (unpaired) electrons. The van der Waals surface area contributed by atoms with Crippen LogP contribution in [0.2, 0.25) is 0 Å².